The van der Waals surface area contributed by atoms with Crippen molar-refractivity contribution in [2.45, 2.75) is 31.6 Å². The second-order valence-corrected chi connectivity index (χ2v) is 5.63. The third kappa shape index (κ3) is 2.48. The van der Waals surface area contributed by atoms with Gasteiger partial charge in [0.1, 0.15) is 0 Å². The fourth-order valence-electron chi connectivity index (χ4n) is 2.71. The zero-order valence-electron chi connectivity index (χ0n) is 10.7. The van der Waals surface area contributed by atoms with Crippen LogP contribution >= 0.6 is 0 Å². The number of hydrogen-bond acceptors (Lipinski definition) is 1. The van der Waals surface area contributed by atoms with Crippen LogP contribution in [-0.4, -0.2) is 12.5 Å². The summed E-state index contributed by atoms with van der Waals surface area (Å²) in [5.41, 5.74) is 0.337. The van der Waals surface area contributed by atoms with Crippen molar-refractivity contribution < 1.29 is 13.6 Å². The van der Waals surface area contributed by atoms with E-state index in [0.717, 1.165) is 12.6 Å². The summed E-state index contributed by atoms with van der Waals surface area (Å²) in [5.74, 6) is -1.37. The number of amides is 1. The van der Waals surface area contributed by atoms with Crippen LogP contribution < -0.4 is 5.32 Å². The molecule has 0 radical (unpaired) electrons. The van der Waals surface area contributed by atoms with Gasteiger partial charge in [-0.1, -0.05) is 18.6 Å². The number of carbonyl (C=O) groups excluding carboxylic acids is 1. The summed E-state index contributed by atoms with van der Waals surface area (Å²) in [6, 6.07) is 4.17. The smallest absolute Gasteiger partial charge is 0.223 e. The summed E-state index contributed by atoms with van der Waals surface area (Å²) < 4.78 is 26.7. The molecule has 0 unspecified atom stereocenters. The molecule has 0 aromatic heterocycles. The highest BCUT2D eigenvalue weighted by Gasteiger charge is 2.45. The van der Waals surface area contributed by atoms with Gasteiger partial charge in [0.25, 0.3) is 0 Å². The maximum Gasteiger partial charge on any atom is 0.223 e. The molecule has 2 saturated carbocycles. The maximum absolute atomic E-state index is 13.6. The summed E-state index contributed by atoms with van der Waals surface area (Å²) in [7, 11) is 0. The lowest BCUT2D eigenvalue weighted by molar-refractivity contribution is -0.122. The van der Waals surface area contributed by atoms with Crippen LogP contribution in [0.2, 0.25) is 0 Å². The van der Waals surface area contributed by atoms with Gasteiger partial charge < -0.3 is 5.32 Å². The largest absolute Gasteiger partial charge is 0.356 e. The normalized spacial score (nSPS) is 25.8. The summed E-state index contributed by atoms with van der Waals surface area (Å²) in [5, 5.41) is 2.93. The standard InChI is InChI=1S/C15H17F2NO/c16-13-6-2-5-10(14(13)17)11-7-12(11)15(19)18-8-9-3-1-4-9/h2,5-6,9,11-12H,1,3-4,7-8H2,(H,18,19)/t11-,12-/m0/s1. The number of nitrogens with one attached hydrogen (secondary N) is 1. The average Bonchev–Trinajstić information content (AvgIpc) is 3.10. The Labute approximate surface area is 111 Å². The van der Waals surface area contributed by atoms with Gasteiger partial charge in [0, 0.05) is 12.5 Å². The maximum atomic E-state index is 13.6. The molecule has 1 aromatic rings. The zero-order chi connectivity index (χ0) is 13.4. The fraction of sp³-hybridized carbons (Fsp3) is 0.533. The Morgan fingerprint density at radius 3 is 2.79 bits per heavy atom. The van der Waals surface area contributed by atoms with E-state index in [1.54, 1.807) is 6.07 Å². The highest BCUT2D eigenvalue weighted by molar-refractivity contribution is 5.82. The van der Waals surface area contributed by atoms with Gasteiger partial charge in [-0.3, -0.25) is 4.79 Å². The van der Waals surface area contributed by atoms with Crippen LogP contribution in [0.15, 0.2) is 18.2 Å². The third-order valence-corrected chi connectivity index (χ3v) is 4.30. The van der Waals surface area contributed by atoms with Gasteiger partial charge in [0.15, 0.2) is 11.6 Å². The van der Waals surface area contributed by atoms with Crippen molar-refractivity contribution in [1.82, 2.24) is 5.32 Å². The van der Waals surface area contributed by atoms with E-state index in [1.165, 1.54) is 25.3 Å². The predicted octanol–water partition coefficient (Wildman–Crippen LogP) is 2.98. The molecule has 3 rings (SSSR count). The molecule has 2 aliphatic rings. The van der Waals surface area contributed by atoms with E-state index in [0.29, 0.717) is 17.9 Å². The monoisotopic (exact) mass is 265 g/mol. The van der Waals surface area contributed by atoms with Gasteiger partial charge in [-0.25, -0.2) is 8.78 Å². The molecule has 2 fully saturated rings. The number of carbonyl (C=O) groups is 1. The van der Waals surface area contributed by atoms with E-state index in [2.05, 4.69) is 5.32 Å². The van der Waals surface area contributed by atoms with Crippen LogP contribution in [0.25, 0.3) is 0 Å². The van der Waals surface area contributed by atoms with Crippen molar-refractivity contribution in [1.29, 1.82) is 0 Å². The number of benzene rings is 1. The molecule has 4 heteroatoms. The van der Waals surface area contributed by atoms with Crippen molar-refractivity contribution >= 4 is 5.91 Å². The van der Waals surface area contributed by atoms with Gasteiger partial charge in [0.2, 0.25) is 5.91 Å². The first-order valence-electron chi connectivity index (χ1n) is 6.88. The molecule has 2 aliphatic carbocycles. The predicted molar refractivity (Wildman–Crippen MR) is 67.6 cm³/mol. The zero-order valence-corrected chi connectivity index (χ0v) is 10.7. The van der Waals surface area contributed by atoms with Gasteiger partial charge >= 0.3 is 0 Å². The Morgan fingerprint density at radius 1 is 1.32 bits per heavy atom. The molecule has 2 atom stereocenters. The lowest BCUT2D eigenvalue weighted by Crippen LogP contribution is -2.33. The summed E-state index contributed by atoms with van der Waals surface area (Å²) >= 11 is 0. The third-order valence-electron chi connectivity index (χ3n) is 4.30. The van der Waals surface area contributed by atoms with Crippen molar-refractivity contribution in [2.75, 3.05) is 6.54 Å². The van der Waals surface area contributed by atoms with Crippen LogP contribution in [-0.2, 0) is 4.79 Å². The molecule has 2 nitrogen and oxygen atoms in total. The van der Waals surface area contributed by atoms with Gasteiger partial charge in [-0.2, -0.15) is 0 Å². The molecular formula is C15H17F2NO. The van der Waals surface area contributed by atoms with Gasteiger partial charge in [-0.05, 0) is 42.7 Å². The SMILES string of the molecule is O=C(NCC1CCC1)[C@H]1C[C@H]1c1cccc(F)c1F. The molecule has 1 N–H and O–H groups in total. The lowest BCUT2D eigenvalue weighted by Gasteiger charge is -2.25. The number of halogens is 2. The summed E-state index contributed by atoms with van der Waals surface area (Å²) in [6.07, 6.45) is 4.25. The van der Waals surface area contributed by atoms with E-state index >= 15 is 0 Å². The molecule has 1 amide bonds. The van der Waals surface area contributed by atoms with E-state index in [-0.39, 0.29) is 17.7 Å². The summed E-state index contributed by atoms with van der Waals surface area (Å²) in [6.45, 7) is 0.730. The van der Waals surface area contributed by atoms with Crippen molar-refractivity contribution in [3.8, 4) is 0 Å². The molecule has 0 heterocycles. The van der Waals surface area contributed by atoms with Gasteiger partial charge in [0.05, 0.1) is 0 Å². The molecule has 0 saturated heterocycles. The quantitative estimate of drug-likeness (QED) is 0.891. The van der Waals surface area contributed by atoms with Crippen LogP contribution in [0.5, 0.6) is 0 Å². The summed E-state index contributed by atoms with van der Waals surface area (Å²) in [4.78, 5) is 11.9. The van der Waals surface area contributed by atoms with E-state index in [4.69, 9.17) is 0 Å². The minimum atomic E-state index is -0.835. The van der Waals surface area contributed by atoms with Crippen molar-refractivity contribution in [2.24, 2.45) is 11.8 Å². The fourth-order valence-corrected chi connectivity index (χ4v) is 2.71. The first kappa shape index (κ1) is 12.6. The van der Waals surface area contributed by atoms with E-state index in [9.17, 15) is 13.6 Å². The van der Waals surface area contributed by atoms with Crippen molar-refractivity contribution in [3.63, 3.8) is 0 Å². The van der Waals surface area contributed by atoms with E-state index in [1.807, 2.05) is 0 Å². The molecule has 1 aromatic carbocycles. The van der Waals surface area contributed by atoms with Gasteiger partial charge in [-0.15, -0.1) is 0 Å². The Morgan fingerprint density at radius 2 is 2.11 bits per heavy atom. The Kier molecular flexibility index (Phi) is 3.25. The van der Waals surface area contributed by atoms with Crippen LogP contribution in [0.4, 0.5) is 8.78 Å². The second-order valence-electron chi connectivity index (χ2n) is 5.63. The minimum absolute atomic E-state index is 0.0134. The Bertz CT molecular complexity index is 499. The topological polar surface area (TPSA) is 29.1 Å². The molecule has 0 aliphatic heterocycles. The lowest BCUT2D eigenvalue weighted by atomic mass is 9.85. The van der Waals surface area contributed by atoms with Crippen LogP contribution in [0.3, 0.4) is 0 Å². The number of rotatable bonds is 4. The number of hydrogen-bond donors (Lipinski definition) is 1. The second kappa shape index (κ2) is 4.91. The molecule has 19 heavy (non-hydrogen) atoms. The highest BCUT2D eigenvalue weighted by atomic mass is 19.2. The minimum Gasteiger partial charge on any atom is -0.356 e. The highest BCUT2D eigenvalue weighted by Crippen LogP contribution is 2.48. The Balaban J connectivity index is 1.57. The van der Waals surface area contributed by atoms with E-state index < -0.39 is 11.6 Å². The van der Waals surface area contributed by atoms with Crippen LogP contribution in [0, 0.1) is 23.5 Å². The molecule has 102 valence electrons. The molecular weight excluding hydrogens is 248 g/mol. The van der Waals surface area contributed by atoms with Crippen LogP contribution in [0.1, 0.15) is 37.2 Å². The first-order chi connectivity index (χ1) is 9.16. The molecule has 0 spiro atoms. The first-order valence-corrected chi connectivity index (χ1v) is 6.88. The Hall–Kier alpha value is -1.45. The molecule has 0 bridgehead atoms. The average molecular weight is 265 g/mol. The van der Waals surface area contributed by atoms with Crippen molar-refractivity contribution in [3.05, 3.63) is 35.4 Å².